The third-order valence-corrected chi connectivity index (χ3v) is 18.0. The first-order valence-electron chi connectivity index (χ1n) is 26.5. The number of alkyl carbamates (subject to hydrolysis) is 2. The van der Waals surface area contributed by atoms with Crippen LogP contribution in [0.4, 0.5) is 14.0 Å². The Bertz CT molecular complexity index is 3230. The van der Waals surface area contributed by atoms with Gasteiger partial charge in [0.2, 0.25) is 18.0 Å². The number of benzene rings is 2. The number of amides is 4. The molecule has 4 N–H and O–H groups in total. The number of carbonyl (C=O) groups excluding carboxylic acids is 4. The van der Waals surface area contributed by atoms with Crippen molar-refractivity contribution in [3.8, 4) is 39.5 Å². The number of imidazole rings is 2. The molecule has 0 spiro atoms. The minimum absolute atomic E-state index is 0.0299. The largest absolute Gasteiger partial charge is 0.464 e. The number of aromatic amines is 2. The standard InChI is InChI=1S/C56H67FN10O8S/c1-28(2)45(63-53(70)72-8)49(68)65-17-10-11-39(65)47-58-26-37(62-47)33-21-35(57)44-40-22-34-20-31(12-13-38(34)67(40)51(75-42(44)23-33)43-27-60-52(76-43)56(7)15-16-56)36-25-59-48(61-36)41-19-29(3)30(4)66(41)50(69)46(64-54(71)73-9)32-14-18-74-55(5,6)24-32/h12-13,20-23,25-30,32,39,41,45-46,51H,10-11,14-19,24H2,1-9H3,(H,58,62)(H,59,61)(H,63,70)(H,64,71)/t29-,30-,32?,39+,41+,45+,46?,51?/m1/s1. The molecule has 18 nitrogen and oxygen atoms in total. The summed E-state index contributed by atoms with van der Waals surface area (Å²) in [6.45, 7) is 15.2. The summed E-state index contributed by atoms with van der Waals surface area (Å²) in [5.41, 5.74) is 4.11. The normalized spacial score (nSPS) is 24.1. The highest BCUT2D eigenvalue weighted by Gasteiger charge is 2.48. The fourth-order valence-electron chi connectivity index (χ4n) is 12.0. The summed E-state index contributed by atoms with van der Waals surface area (Å²) in [7, 11) is 2.57. The summed E-state index contributed by atoms with van der Waals surface area (Å²) in [5.74, 6) is 0.542. The molecule has 20 heteroatoms. The highest BCUT2D eigenvalue weighted by molar-refractivity contribution is 7.11. The van der Waals surface area contributed by atoms with Crippen LogP contribution in [0, 0.1) is 23.6 Å². The number of carbonyl (C=O) groups is 4. The smallest absolute Gasteiger partial charge is 0.407 e. The van der Waals surface area contributed by atoms with Crippen LogP contribution in [0.25, 0.3) is 44.7 Å². The second-order valence-corrected chi connectivity index (χ2v) is 23.8. The molecule has 5 aliphatic rings. The number of rotatable bonds is 12. The van der Waals surface area contributed by atoms with Crippen molar-refractivity contribution >= 4 is 46.2 Å². The molecule has 8 atom stereocenters. The SMILES string of the molecule is COC(=O)NC(C(=O)N1[C@H](C)[C@H](C)C[C@H]1c1ncc(-c2ccc3c(c2)cc2n3C(c3cnc(C4(C)CC4)s3)Oc3cc(-c4cnc([C@@H]5CCCN5C(=O)[C@@H](NC(=O)OC)C(C)C)[nH]4)cc(F)c3-2)[nH]1)C1CCOC(C)(C)C1. The summed E-state index contributed by atoms with van der Waals surface area (Å²) in [5, 5.41) is 7.50. The van der Waals surface area contributed by atoms with Gasteiger partial charge in [0.05, 0.1) is 82.3 Å². The average molecular weight is 1060 g/mol. The van der Waals surface area contributed by atoms with Gasteiger partial charge in [0.15, 0.2) is 0 Å². The number of hydrogen-bond donors (Lipinski definition) is 4. The van der Waals surface area contributed by atoms with Gasteiger partial charge in [-0.3, -0.25) is 14.2 Å². The molecule has 0 bridgehead atoms. The second kappa shape index (κ2) is 19.6. The molecule has 76 heavy (non-hydrogen) atoms. The van der Waals surface area contributed by atoms with Crippen LogP contribution >= 0.6 is 11.3 Å². The van der Waals surface area contributed by atoms with Crippen molar-refractivity contribution in [3.63, 3.8) is 0 Å². The molecule has 4 fully saturated rings. The van der Waals surface area contributed by atoms with Crippen LogP contribution in [-0.4, -0.2) is 114 Å². The quantitative estimate of drug-likeness (QED) is 0.0906. The van der Waals surface area contributed by atoms with E-state index in [9.17, 15) is 19.2 Å². The van der Waals surface area contributed by atoms with E-state index in [0.717, 1.165) is 51.3 Å². The van der Waals surface area contributed by atoms with E-state index in [-0.39, 0.29) is 53.1 Å². The van der Waals surface area contributed by atoms with Crippen LogP contribution in [0.2, 0.25) is 0 Å². The molecule has 1 saturated carbocycles. The van der Waals surface area contributed by atoms with Crippen molar-refractivity contribution in [2.45, 2.75) is 141 Å². The van der Waals surface area contributed by atoms with E-state index in [2.05, 4.69) is 52.0 Å². The third kappa shape index (κ3) is 9.27. The van der Waals surface area contributed by atoms with Gasteiger partial charge in [-0.1, -0.05) is 33.8 Å². The Morgan fingerprint density at radius 1 is 0.868 bits per heavy atom. The zero-order valence-electron chi connectivity index (χ0n) is 44.5. The number of thiazole rings is 1. The van der Waals surface area contributed by atoms with Gasteiger partial charge in [0, 0.05) is 47.3 Å². The highest BCUT2D eigenvalue weighted by atomic mass is 32.1. The maximum absolute atomic E-state index is 17.1. The van der Waals surface area contributed by atoms with Gasteiger partial charge < -0.3 is 49.3 Å². The van der Waals surface area contributed by atoms with Crippen molar-refractivity contribution in [1.82, 2.24) is 49.9 Å². The second-order valence-electron chi connectivity index (χ2n) is 22.7. The van der Waals surface area contributed by atoms with Crippen molar-refractivity contribution in [3.05, 3.63) is 82.3 Å². The lowest BCUT2D eigenvalue weighted by molar-refractivity contribution is -0.141. The molecule has 4 aromatic heterocycles. The van der Waals surface area contributed by atoms with Gasteiger partial charge in [-0.25, -0.2) is 28.9 Å². The Labute approximate surface area is 444 Å². The van der Waals surface area contributed by atoms with Crippen LogP contribution in [0.3, 0.4) is 0 Å². The lowest BCUT2D eigenvalue weighted by Crippen LogP contribution is -2.56. The summed E-state index contributed by atoms with van der Waals surface area (Å²) in [6.07, 6.45) is 8.81. The molecule has 4 aliphatic heterocycles. The summed E-state index contributed by atoms with van der Waals surface area (Å²) < 4.78 is 41.9. The van der Waals surface area contributed by atoms with Crippen molar-refractivity contribution in [1.29, 1.82) is 0 Å². The molecule has 1 aliphatic carbocycles. The Morgan fingerprint density at radius 3 is 2.28 bits per heavy atom. The summed E-state index contributed by atoms with van der Waals surface area (Å²) in [4.78, 5) is 79.6. The number of nitrogens with zero attached hydrogens (tertiary/aromatic N) is 6. The number of nitrogens with one attached hydrogen (secondary N) is 4. The molecular formula is C56H67FN10O8S. The minimum atomic E-state index is -0.806. The first-order valence-corrected chi connectivity index (χ1v) is 27.3. The number of hydrogen-bond acceptors (Lipinski definition) is 12. The highest BCUT2D eigenvalue weighted by Crippen LogP contribution is 2.52. The van der Waals surface area contributed by atoms with Gasteiger partial charge in [-0.15, -0.1) is 11.3 Å². The molecule has 0 radical (unpaired) electrons. The van der Waals surface area contributed by atoms with Crippen LogP contribution < -0.4 is 15.4 Å². The molecule has 2 aromatic carbocycles. The number of fused-ring (bicyclic) bond motifs is 5. The number of halogens is 1. The van der Waals surface area contributed by atoms with Gasteiger partial charge in [-0.05, 0) is 114 Å². The first kappa shape index (κ1) is 51.3. The molecule has 6 aromatic rings. The zero-order valence-corrected chi connectivity index (χ0v) is 45.3. The van der Waals surface area contributed by atoms with Crippen molar-refractivity contribution < 1.29 is 42.5 Å². The molecule has 8 heterocycles. The van der Waals surface area contributed by atoms with E-state index in [1.54, 1.807) is 28.6 Å². The lowest BCUT2D eigenvalue weighted by atomic mass is 9.82. The molecule has 3 unspecified atom stereocenters. The van der Waals surface area contributed by atoms with Crippen LogP contribution in [0.1, 0.15) is 133 Å². The fraction of sp³-hybridized carbons (Fsp3) is 0.518. The molecular weight excluding hydrogens is 992 g/mol. The monoisotopic (exact) mass is 1060 g/mol. The molecule has 11 rings (SSSR count). The predicted octanol–water partition coefficient (Wildman–Crippen LogP) is 9.95. The van der Waals surface area contributed by atoms with Gasteiger partial charge in [-0.2, -0.15) is 0 Å². The van der Waals surface area contributed by atoms with E-state index in [0.29, 0.717) is 78.7 Å². The van der Waals surface area contributed by atoms with E-state index in [1.165, 1.54) is 20.3 Å². The van der Waals surface area contributed by atoms with Crippen LogP contribution in [-0.2, 0) is 29.2 Å². The van der Waals surface area contributed by atoms with Crippen molar-refractivity contribution in [2.75, 3.05) is 27.4 Å². The van der Waals surface area contributed by atoms with Gasteiger partial charge >= 0.3 is 12.2 Å². The Balaban J connectivity index is 0.912. The first-order chi connectivity index (χ1) is 36.3. The Morgan fingerprint density at radius 2 is 1.58 bits per heavy atom. The van der Waals surface area contributed by atoms with E-state index in [4.69, 9.17) is 33.9 Å². The molecule has 402 valence electrons. The Hall–Kier alpha value is -6.80. The van der Waals surface area contributed by atoms with E-state index >= 15 is 4.39 Å². The number of aromatic nitrogens is 6. The molecule has 3 saturated heterocycles. The van der Waals surface area contributed by atoms with Crippen molar-refractivity contribution in [2.24, 2.45) is 17.8 Å². The maximum Gasteiger partial charge on any atom is 0.407 e. The maximum atomic E-state index is 17.1. The van der Waals surface area contributed by atoms with Gasteiger partial charge in [0.1, 0.15) is 35.3 Å². The van der Waals surface area contributed by atoms with Crippen LogP contribution in [0.15, 0.2) is 55.0 Å². The predicted molar refractivity (Wildman–Crippen MR) is 283 cm³/mol. The lowest BCUT2D eigenvalue weighted by Gasteiger charge is -2.41. The van der Waals surface area contributed by atoms with Gasteiger partial charge in [0.25, 0.3) is 0 Å². The minimum Gasteiger partial charge on any atom is -0.464 e. The third-order valence-electron chi connectivity index (χ3n) is 16.7. The zero-order chi connectivity index (χ0) is 53.5. The fourth-order valence-corrected chi connectivity index (χ4v) is 13.1. The topological polar surface area (TPSA) is 211 Å². The van der Waals surface area contributed by atoms with E-state index in [1.807, 2.05) is 63.1 Å². The Kier molecular flexibility index (Phi) is 13.3. The number of H-pyrrole nitrogens is 2. The summed E-state index contributed by atoms with van der Waals surface area (Å²) >= 11 is 1.62. The summed E-state index contributed by atoms with van der Waals surface area (Å²) in [6, 6.07) is 8.99. The van der Waals surface area contributed by atoms with Crippen LogP contribution in [0.5, 0.6) is 5.75 Å². The average Bonchev–Trinajstić information content (AvgIpc) is 4.16. The number of methoxy groups -OCH3 is 2. The van der Waals surface area contributed by atoms with E-state index < -0.39 is 41.9 Å². The molecule has 4 amide bonds. The number of ether oxygens (including phenoxy) is 4. The number of likely N-dealkylation sites (tertiary alicyclic amines) is 2.